The Hall–Kier alpha value is -1.79. The molecule has 7 heteroatoms. The van der Waals surface area contributed by atoms with Gasteiger partial charge in [-0.25, -0.2) is 9.59 Å². The van der Waals surface area contributed by atoms with Gasteiger partial charge >= 0.3 is 12.0 Å². The third-order valence-corrected chi connectivity index (χ3v) is 3.55. The van der Waals surface area contributed by atoms with E-state index in [1.54, 1.807) is 4.90 Å². The average Bonchev–Trinajstić information content (AvgIpc) is 2.46. The van der Waals surface area contributed by atoms with Gasteiger partial charge in [0.2, 0.25) is 5.91 Å². The number of amides is 3. The van der Waals surface area contributed by atoms with Gasteiger partial charge in [-0.05, 0) is 12.8 Å². The normalized spacial score (nSPS) is 18.3. The van der Waals surface area contributed by atoms with E-state index in [0.29, 0.717) is 13.1 Å². The predicted octanol–water partition coefficient (Wildman–Crippen LogP) is 0.894. The Balaban J connectivity index is 2.81. The maximum Gasteiger partial charge on any atom is 0.328 e. The van der Waals surface area contributed by atoms with Crippen molar-refractivity contribution in [2.24, 2.45) is 0 Å². The number of carbonyl (C=O) groups excluding carboxylic acids is 2. The molecule has 0 aromatic rings. The van der Waals surface area contributed by atoms with Gasteiger partial charge in [-0.15, -0.1) is 0 Å². The first-order chi connectivity index (χ1) is 10.0. The number of nitrogens with one attached hydrogen (secondary N) is 1. The molecule has 0 spiro atoms. The van der Waals surface area contributed by atoms with Crippen molar-refractivity contribution in [3.8, 4) is 0 Å². The minimum atomic E-state index is -1.09. The second-order valence-corrected chi connectivity index (χ2v) is 5.26. The Kier molecular flexibility index (Phi) is 6.98. The Bertz CT molecular complexity index is 378. The van der Waals surface area contributed by atoms with Crippen molar-refractivity contribution in [3.05, 3.63) is 0 Å². The molecule has 21 heavy (non-hydrogen) atoms. The minimum Gasteiger partial charge on any atom is -0.480 e. The van der Waals surface area contributed by atoms with E-state index in [2.05, 4.69) is 5.32 Å². The van der Waals surface area contributed by atoms with Gasteiger partial charge in [0.1, 0.15) is 12.6 Å². The van der Waals surface area contributed by atoms with Crippen molar-refractivity contribution in [3.63, 3.8) is 0 Å². The van der Waals surface area contributed by atoms with Crippen molar-refractivity contribution in [2.45, 2.75) is 45.6 Å². The predicted molar refractivity (Wildman–Crippen MR) is 77.9 cm³/mol. The molecule has 0 bridgehead atoms. The number of urea groups is 1. The lowest BCUT2D eigenvalue weighted by Crippen LogP contribution is -2.62. The van der Waals surface area contributed by atoms with Gasteiger partial charge in [0, 0.05) is 19.6 Å². The number of aliphatic carboxylic acids is 1. The molecule has 1 aliphatic heterocycles. The first-order valence-electron chi connectivity index (χ1n) is 7.56. The molecule has 1 rings (SSSR count). The molecule has 1 saturated heterocycles. The van der Waals surface area contributed by atoms with Gasteiger partial charge in [-0.3, -0.25) is 9.69 Å². The standard InChI is InChI=1S/C14H25N3O4/c1-3-5-7-16(8-6-4-2)14(21)17-10-12(18)15-9-11(17)13(19)20/h11H,3-10H2,1-2H3,(H,15,18)(H,19,20). The SMILES string of the molecule is CCCCN(CCCC)C(=O)N1CC(=O)NCC1C(=O)O. The van der Waals surface area contributed by atoms with Crippen LogP contribution in [0, 0.1) is 0 Å². The highest BCUT2D eigenvalue weighted by Gasteiger charge is 2.36. The fraction of sp³-hybridized carbons (Fsp3) is 0.786. The second kappa shape index (κ2) is 8.49. The second-order valence-electron chi connectivity index (χ2n) is 5.26. The molecule has 0 saturated carbocycles. The van der Waals surface area contributed by atoms with Crippen LogP contribution in [-0.4, -0.2) is 65.0 Å². The van der Waals surface area contributed by atoms with Crippen LogP contribution in [0.3, 0.4) is 0 Å². The molecule has 0 aliphatic carbocycles. The molecule has 1 unspecified atom stereocenters. The van der Waals surface area contributed by atoms with Crippen molar-refractivity contribution in [1.29, 1.82) is 0 Å². The molecule has 1 atom stereocenters. The molecule has 0 aromatic carbocycles. The van der Waals surface area contributed by atoms with Crippen LogP contribution < -0.4 is 5.32 Å². The van der Waals surface area contributed by atoms with Crippen molar-refractivity contribution in [1.82, 2.24) is 15.1 Å². The van der Waals surface area contributed by atoms with E-state index >= 15 is 0 Å². The van der Waals surface area contributed by atoms with Crippen molar-refractivity contribution in [2.75, 3.05) is 26.2 Å². The summed E-state index contributed by atoms with van der Waals surface area (Å²) in [7, 11) is 0. The largest absolute Gasteiger partial charge is 0.480 e. The summed E-state index contributed by atoms with van der Waals surface area (Å²) < 4.78 is 0. The third-order valence-electron chi connectivity index (χ3n) is 3.55. The van der Waals surface area contributed by atoms with Crippen molar-refractivity contribution < 1.29 is 19.5 Å². The summed E-state index contributed by atoms with van der Waals surface area (Å²) in [5.74, 6) is -1.40. The highest BCUT2D eigenvalue weighted by molar-refractivity contribution is 5.90. The van der Waals surface area contributed by atoms with E-state index < -0.39 is 12.0 Å². The lowest BCUT2D eigenvalue weighted by Gasteiger charge is -2.36. The molecule has 2 N–H and O–H groups in total. The molecule has 1 aliphatic rings. The smallest absolute Gasteiger partial charge is 0.328 e. The summed E-state index contributed by atoms with van der Waals surface area (Å²) in [6.07, 6.45) is 3.65. The van der Waals surface area contributed by atoms with E-state index in [1.807, 2.05) is 13.8 Å². The lowest BCUT2D eigenvalue weighted by molar-refractivity contribution is -0.144. The molecular weight excluding hydrogens is 274 g/mol. The summed E-state index contributed by atoms with van der Waals surface area (Å²) in [6.45, 7) is 5.05. The summed E-state index contributed by atoms with van der Waals surface area (Å²) in [5, 5.41) is 11.7. The summed E-state index contributed by atoms with van der Waals surface area (Å²) in [4.78, 5) is 38.2. The van der Waals surface area contributed by atoms with E-state index in [9.17, 15) is 19.5 Å². The zero-order valence-corrected chi connectivity index (χ0v) is 12.8. The number of carboxylic acid groups (broad SMARTS) is 1. The summed E-state index contributed by atoms with van der Waals surface area (Å²) in [6, 6.07) is -1.33. The van der Waals surface area contributed by atoms with Gasteiger partial charge in [-0.2, -0.15) is 0 Å². The maximum atomic E-state index is 12.6. The van der Waals surface area contributed by atoms with Crippen LogP contribution >= 0.6 is 0 Å². The van der Waals surface area contributed by atoms with E-state index in [-0.39, 0.29) is 25.0 Å². The van der Waals surface area contributed by atoms with Gasteiger partial charge < -0.3 is 15.3 Å². The quantitative estimate of drug-likeness (QED) is 0.730. The first kappa shape index (κ1) is 17.3. The fourth-order valence-electron chi connectivity index (χ4n) is 2.25. The Morgan fingerprint density at radius 3 is 2.33 bits per heavy atom. The Morgan fingerprint density at radius 1 is 1.29 bits per heavy atom. The molecule has 7 nitrogen and oxygen atoms in total. The summed E-state index contributed by atoms with van der Waals surface area (Å²) >= 11 is 0. The van der Waals surface area contributed by atoms with Gasteiger partial charge in [0.25, 0.3) is 0 Å². The van der Waals surface area contributed by atoms with Gasteiger partial charge in [-0.1, -0.05) is 26.7 Å². The highest BCUT2D eigenvalue weighted by atomic mass is 16.4. The van der Waals surface area contributed by atoms with E-state index in [4.69, 9.17) is 0 Å². The zero-order valence-electron chi connectivity index (χ0n) is 12.8. The summed E-state index contributed by atoms with van der Waals surface area (Å²) in [5.41, 5.74) is 0. The van der Waals surface area contributed by atoms with Crippen LogP contribution in [0.4, 0.5) is 4.79 Å². The average molecular weight is 299 g/mol. The molecule has 1 fully saturated rings. The third kappa shape index (κ3) is 4.91. The van der Waals surface area contributed by atoms with Crippen LogP contribution in [0.2, 0.25) is 0 Å². The molecule has 0 aromatic heterocycles. The van der Waals surface area contributed by atoms with Crippen LogP contribution in [0.15, 0.2) is 0 Å². The lowest BCUT2D eigenvalue weighted by atomic mass is 10.2. The van der Waals surface area contributed by atoms with Crippen molar-refractivity contribution >= 4 is 17.9 Å². The topological polar surface area (TPSA) is 90.0 Å². The number of piperazine rings is 1. The van der Waals surface area contributed by atoms with E-state index in [1.165, 1.54) is 4.90 Å². The molecule has 120 valence electrons. The number of unbranched alkanes of at least 4 members (excludes halogenated alkanes) is 2. The Labute approximate surface area is 125 Å². The number of rotatable bonds is 7. The number of hydrogen-bond acceptors (Lipinski definition) is 3. The van der Waals surface area contributed by atoms with Crippen LogP contribution in [0.5, 0.6) is 0 Å². The van der Waals surface area contributed by atoms with Gasteiger partial charge in [0.05, 0.1) is 0 Å². The molecular formula is C14H25N3O4. The minimum absolute atomic E-state index is 0.0324. The maximum absolute atomic E-state index is 12.6. The fourth-order valence-corrected chi connectivity index (χ4v) is 2.25. The number of nitrogens with zero attached hydrogens (tertiary/aromatic N) is 2. The van der Waals surface area contributed by atoms with Crippen LogP contribution in [0.1, 0.15) is 39.5 Å². The van der Waals surface area contributed by atoms with E-state index in [0.717, 1.165) is 25.7 Å². The number of carboxylic acids is 1. The number of hydrogen-bond donors (Lipinski definition) is 2. The molecule has 1 heterocycles. The Morgan fingerprint density at radius 2 is 1.86 bits per heavy atom. The first-order valence-corrected chi connectivity index (χ1v) is 7.56. The van der Waals surface area contributed by atoms with Crippen LogP contribution in [-0.2, 0) is 9.59 Å². The molecule has 0 radical (unpaired) electrons. The van der Waals surface area contributed by atoms with Gasteiger partial charge in [0.15, 0.2) is 0 Å². The number of carbonyl (C=O) groups is 3. The molecule has 3 amide bonds. The van der Waals surface area contributed by atoms with Crippen LogP contribution in [0.25, 0.3) is 0 Å². The highest BCUT2D eigenvalue weighted by Crippen LogP contribution is 2.11. The monoisotopic (exact) mass is 299 g/mol. The zero-order chi connectivity index (χ0) is 15.8.